The zero-order chi connectivity index (χ0) is 21.4. The molecule has 2 N–H and O–H groups in total. The SMILES string of the molecule is COc1ccc(C(=O)C=C2c3ccccc3C(=O)c3c(O)cccc32)c(O)c1OC. The van der Waals surface area contributed by atoms with Gasteiger partial charge in [-0.3, -0.25) is 9.59 Å². The maximum absolute atomic E-state index is 13.1. The molecule has 0 saturated heterocycles. The third kappa shape index (κ3) is 2.90. The van der Waals surface area contributed by atoms with Gasteiger partial charge in [0.2, 0.25) is 5.75 Å². The molecule has 4 rings (SSSR count). The number of fused-ring (bicyclic) bond motifs is 2. The third-order valence-electron chi connectivity index (χ3n) is 5.08. The van der Waals surface area contributed by atoms with Crippen molar-refractivity contribution in [2.75, 3.05) is 14.2 Å². The molecule has 1 aliphatic carbocycles. The molecule has 30 heavy (non-hydrogen) atoms. The molecule has 0 radical (unpaired) electrons. The Morgan fingerprint density at radius 2 is 1.57 bits per heavy atom. The number of phenols is 2. The van der Waals surface area contributed by atoms with Gasteiger partial charge in [-0.2, -0.15) is 0 Å². The van der Waals surface area contributed by atoms with Gasteiger partial charge in [-0.1, -0.05) is 36.4 Å². The van der Waals surface area contributed by atoms with Gasteiger partial charge in [0.05, 0.1) is 25.3 Å². The molecule has 3 aromatic rings. The van der Waals surface area contributed by atoms with Crippen LogP contribution in [0.4, 0.5) is 0 Å². The number of ether oxygens (including phenoxy) is 2. The lowest BCUT2D eigenvalue weighted by atomic mass is 9.80. The third-order valence-corrected chi connectivity index (χ3v) is 5.08. The summed E-state index contributed by atoms with van der Waals surface area (Å²) in [6.45, 7) is 0. The predicted molar refractivity (Wildman–Crippen MR) is 111 cm³/mol. The van der Waals surface area contributed by atoms with Crippen molar-refractivity contribution in [1.82, 2.24) is 0 Å². The second kappa shape index (κ2) is 7.40. The van der Waals surface area contributed by atoms with Crippen LogP contribution in [0, 0.1) is 0 Å². The van der Waals surface area contributed by atoms with Gasteiger partial charge in [0.1, 0.15) is 5.75 Å². The average molecular weight is 402 g/mol. The fourth-order valence-corrected chi connectivity index (χ4v) is 3.67. The summed E-state index contributed by atoms with van der Waals surface area (Å²) < 4.78 is 10.3. The van der Waals surface area contributed by atoms with Crippen LogP contribution in [0.25, 0.3) is 5.57 Å². The molecule has 6 nitrogen and oxygen atoms in total. The number of carbonyl (C=O) groups excluding carboxylic acids is 2. The zero-order valence-corrected chi connectivity index (χ0v) is 16.3. The van der Waals surface area contributed by atoms with Crippen LogP contribution in [-0.4, -0.2) is 36.0 Å². The minimum atomic E-state index is -0.484. The number of hydrogen-bond donors (Lipinski definition) is 2. The lowest BCUT2D eigenvalue weighted by molar-refractivity contribution is 0.102. The Hall–Kier alpha value is -4.06. The van der Waals surface area contributed by atoms with E-state index < -0.39 is 5.78 Å². The minimum absolute atomic E-state index is 0.0243. The molecule has 0 heterocycles. The van der Waals surface area contributed by atoms with Gasteiger partial charge in [0.25, 0.3) is 0 Å². The molecule has 0 atom stereocenters. The predicted octanol–water partition coefficient (Wildman–Crippen LogP) is 3.97. The summed E-state index contributed by atoms with van der Waals surface area (Å²) in [5.74, 6) is -0.935. The first-order chi connectivity index (χ1) is 14.5. The summed E-state index contributed by atoms with van der Waals surface area (Å²) in [5.41, 5.74) is 2.07. The summed E-state index contributed by atoms with van der Waals surface area (Å²) in [6.07, 6.45) is 1.35. The Kier molecular flexibility index (Phi) is 4.75. The maximum atomic E-state index is 13.1. The first kappa shape index (κ1) is 19.3. The van der Waals surface area contributed by atoms with Crippen LogP contribution in [0.3, 0.4) is 0 Å². The molecular weight excluding hydrogens is 384 g/mol. The topological polar surface area (TPSA) is 93.1 Å². The van der Waals surface area contributed by atoms with Crippen molar-refractivity contribution < 1.29 is 29.3 Å². The van der Waals surface area contributed by atoms with Crippen molar-refractivity contribution in [3.63, 3.8) is 0 Å². The van der Waals surface area contributed by atoms with Crippen LogP contribution in [0.5, 0.6) is 23.0 Å². The zero-order valence-electron chi connectivity index (χ0n) is 16.3. The van der Waals surface area contributed by atoms with E-state index in [1.807, 2.05) is 0 Å². The molecule has 0 fully saturated rings. The normalized spacial score (nSPS) is 13.5. The van der Waals surface area contributed by atoms with Crippen LogP contribution in [0.15, 0.2) is 60.7 Å². The van der Waals surface area contributed by atoms with Crippen molar-refractivity contribution in [3.8, 4) is 23.0 Å². The number of ketones is 2. The number of rotatable bonds is 4. The number of hydrogen-bond acceptors (Lipinski definition) is 6. The van der Waals surface area contributed by atoms with Crippen molar-refractivity contribution >= 4 is 17.1 Å². The summed E-state index contributed by atoms with van der Waals surface area (Å²) in [7, 11) is 2.80. The Balaban J connectivity index is 1.92. The highest BCUT2D eigenvalue weighted by Crippen LogP contribution is 2.42. The van der Waals surface area contributed by atoms with E-state index in [9.17, 15) is 19.8 Å². The van der Waals surface area contributed by atoms with E-state index in [1.54, 1.807) is 36.4 Å². The number of benzene rings is 3. The van der Waals surface area contributed by atoms with Crippen molar-refractivity contribution in [2.45, 2.75) is 0 Å². The van der Waals surface area contributed by atoms with E-state index in [1.165, 1.54) is 38.5 Å². The Labute approximate surface area is 172 Å². The van der Waals surface area contributed by atoms with Crippen molar-refractivity contribution in [3.05, 3.63) is 88.5 Å². The van der Waals surface area contributed by atoms with Crippen molar-refractivity contribution in [2.24, 2.45) is 0 Å². The molecule has 0 aliphatic heterocycles. The van der Waals surface area contributed by atoms with Crippen LogP contribution >= 0.6 is 0 Å². The van der Waals surface area contributed by atoms with E-state index in [0.29, 0.717) is 28.0 Å². The number of phenolic OH excluding ortho intramolecular Hbond substituents is 2. The molecule has 0 aromatic heterocycles. The summed E-state index contributed by atoms with van der Waals surface area (Å²) >= 11 is 0. The van der Waals surface area contributed by atoms with Gasteiger partial charge >= 0.3 is 0 Å². The van der Waals surface area contributed by atoms with E-state index in [2.05, 4.69) is 0 Å². The molecule has 0 saturated carbocycles. The second-order valence-corrected chi connectivity index (χ2v) is 6.69. The minimum Gasteiger partial charge on any atom is -0.507 e. The Bertz CT molecular complexity index is 1220. The van der Waals surface area contributed by atoms with E-state index in [0.717, 1.165) is 0 Å². The largest absolute Gasteiger partial charge is 0.507 e. The van der Waals surface area contributed by atoms with Crippen LogP contribution < -0.4 is 9.47 Å². The van der Waals surface area contributed by atoms with Crippen LogP contribution in [0.2, 0.25) is 0 Å². The van der Waals surface area contributed by atoms with E-state index in [4.69, 9.17) is 9.47 Å². The first-order valence-corrected chi connectivity index (χ1v) is 9.14. The fraction of sp³-hybridized carbons (Fsp3) is 0.0833. The lowest BCUT2D eigenvalue weighted by Gasteiger charge is -2.22. The average Bonchev–Trinajstić information content (AvgIpc) is 2.76. The molecule has 0 amide bonds. The molecule has 1 aliphatic rings. The summed E-state index contributed by atoms with van der Waals surface area (Å²) in [6, 6.07) is 14.6. The van der Waals surface area contributed by atoms with Gasteiger partial charge in [-0.25, -0.2) is 0 Å². The molecule has 3 aromatic carbocycles. The highest BCUT2D eigenvalue weighted by Gasteiger charge is 2.30. The molecule has 0 spiro atoms. The second-order valence-electron chi connectivity index (χ2n) is 6.69. The highest BCUT2D eigenvalue weighted by atomic mass is 16.5. The van der Waals surface area contributed by atoms with Crippen molar-refractivity contribution in [1.29, 1.82) is 0 Å². The Morgan fingerprint density at radius 1 is 0.867 bits per heavy atom. The summed E-state index contributed by atoms with van der Waals surface area (Å²) in [4.78, 5) is 26.0. The fourth-order valence-electron chi connectivity index (χ4n) is 3.67. The molecular formula is C24H18O6. The van der Waals surface area contributed by atoms with Crippen LogP contribution in [-0.2, 0) is 0 Å². The maximum Gasteiger partial charge on any atom is 0.203 e. The number of aromatic hydroxyl groups is 2. The highest BCUT2D eigenvalue weighted by molar-refractivity contribution is 6.22. The standard InChI is InChI=1S/C24H18O6/c1-29-20-11-10-16(23(28)24(20)30-2)19(26)12-17-13-6-3-4-7-15(13)22(27)21-14(17)8-5-9-18(21)25/h3-12,25,28H,1-2H3. The Morgan fingerprint density at radius 3 is 2.27 bits per heavy atom. The monoisotopic (exact) mass is 402 g/mol. The number of allylic oxidation sites excluding steroid dienone is 1. The summed E-state index contributed by atoms with van der Waals surface area (Å²) in [5, 5.41) is 20.8. The molecule has 0 bridgehead atoms. The molecule has 0 unspecified atom stereocenters. The van der Waals surface area contributed by atoms with Gasteiger partial charge in [0, 0.05) is 5.56 Å². The van der Waals surface area contributed by atoms with Gasteiger partial charge in [-0.05, 0) is 41.0 Å². The smallest absolute Gasteiger partial charge is 0.203 e. The quantitative estimate of drug-likeness (QED) is 0.396. The molecule has 6 heteroatoms. The van der Waals surface area contributed by atoms with Gasteiger partial charge < -0.3 is 19.7 Å². The van der Waals surface area contributed by atoms with Gasteiger partial charge in [-0.15, -0.1) is 0 Å². The first-order valence-electron chi connectivity index (χ1n) is 9.14. The number of methoxy groups -OCH3 is 2. The van der Waals surface area contributed by atoms with Gasteiger partial charge in [0.15, 0.2) is 23.1 Å². The van der Waals surface area contributed by atoms with E-state index in [-0.39, 0.29) is 34.2 Å². The molecule has 150 valence electrons. The lowest BCUT2D eigenvalue weighted by Crippen LogP contribution is -2.15. The van der Waals surface area contributed by atoms with E-state index >= 15 is 0 Å². The van der Waals surface area contributed by atoms with Crippen LogP contribution in [0.1, 0.15) is 37.4 Å². The number of carbonyl (C=O) groups is 2.